The minimum atomic E-state index is -0.783. The van der Waals surface area contributed by atoms with Gasteiger partial charge in [-0.3, -0.25) is 4.21 Å². The number of nitrogens with zero attached hydrogens (tertiary/aromatic N) is 2. The second kappa shape index (κ2) is 4.66. The van der Waals surface area contributed by atoms with E-state index in [1.807, 2.05) is 13.8 Å². The predicted molar refractivity (Wildman–Crippen MR) is 56.7 cm³/mol. The summed E-state index contributed by atoms with van der Waals surface area (Å²) in [5.41, 5.74) is 0. The molecule has 1 aromatic rings. The molecule has 0 radical (unpaired) electrons. The summed E-state index contributed by atoms with van der Waals surface area (Å²) in [5.74, 6) is 0.776. The molecule has 6 heteroatoms. The molecule has 0 fully saturated rings. The van der Waals surface area contributed by atoms with Crippen molar-refractivity contribution in [3.63, 3.8) is 0 Å². The van der Waals surface area contributed by atoms with Crippen LogP contribution in [0.15, 0.2) is 0 Å². The molecular formula is C7H13N3OS2. The third-order valence-corrected chi connectivity index (χ3v) is 3.70. The second-order valence-electron chi connectivity index (χ2n) is 2.84. The van der Waals surface area contributed by atoms with Crippen LogP contribution < -0.4 is 5.32 Å². The van der Waals surface area contributed by atoms with E-state index in [-0.39, 0.29) is 5.25 Å². The minimum absolute atomic E-state index is 0.143. The summed E-state index contributed by atoms with van der Waals surface area (Å²) in [5, 5.41) is 4.04. The van der Waals surface area contributed by atoms with Gasteiger partial charge in [0.05, 0.1) is 0 Å². The average Bonchev–Trinajstić information content (AvgIpc) is 2.47. The highest BCUT2D eigenvalue weighted by Crippen LogP contribution is 2.10. The number of aromatic nitrogens is 2. The highest BCUT2D eigenvalue weighted by Gasteiger charge is 2.06. The van der Waals surface area contributed by atoms with Crippen LogP contribution in [-0.4, -0.2) is 31.6 Å². The van der Waals surface area contributed by atoms with Gasteiger partial charge in [0.2, 0.25) is 5.13 Å². The topological polar surface area (TPSA) is 54.9 Å². The van der Waals surface area contributed by atoms with Gasteiger partial charge in [0.1, 0.15) is 5.82 Å². The molecule has 13 heavy (non-hydrogen) atoms. The quantitative estimate of drug-likeness (QED) is 0.821. The van der Waals surface area contributed by atoms with E-state index in [0.717, 1.165) is 11.0 Å². The van der Waals surface area contributed by atoms with Crippen molar-refractivity contribution in [2.45, 2.75) is 19.1 Å². The van der Waals surface area contributed by atoms with Gasteiger partial charge in [-0.05, 0) is 13.8 Å². The molecule has 0 aliphatic heterocycles. The van der Waals surface area contributed by atoms with Crippen molar-refractivity contribution in [2.24, 2.45) is 0 Å². The molecule has 4 nitrogen and oxygen atoms in total. The molecule has 0 saturated carbocycles. The summed E-state index contributed by atoms with van der Waals surface area (Å²) in [6.07, 6.45) is 1.71. The van der Waals surface area contributed by atoms with Crippen LogP contribution in [0.4, 0.5) is 5.13 Å². The van der Waals surface area contributed by atoms with Crippen LogP contribution in [0.2, 0.25) is 0 Å². The number of anilines is 1. The summed E-state index contributed by atoms with van der Waals surface area (Å²) in [7, 11) is -0.783. The largest absolute Gasteiger partial charge is 0.359 e. The van der Waals surface area contributed by atoms with Crippen LogP contribution in [0, 0.1) is 6.92 Å². The van der Waals surface area contributed by atoms with E-state index in [4.69, 9.17) is 0 Å². The molecule has 0 spiro atoms. The smallest absolute Gasteiger partial charge is 0.202 e. The molecule has 0 aromatic carbocycles. The Morgan fingerprint density at radius 2 is 2.38 bits per heavy atom. The van der Waals surface area contributed by atoms with Crippen molar-refractivity contribution in [3.05, 3.63) is 5.82 Å². The molecule has 0 amide bonds. The molecule has 0 saturated heterocycles. The lowest BCUT2D eigenvalue weighted by Gasteiger charge is -2.07. The van der Waals surface area contributed by atoms with Crippen molar-refractivity contribution in [1.29, 1.82) is 0 Å². The zero-order valence-electron chi connectivity index (χ0n) is 7.90. The molecule has 2 unspecified atom stereocenters. The standard InChI is InChI=1S/C7H13N3OS2/c1-5(13(3)11)4-8-7-9-6(2)10-12-7/h5H,4H2,1-3H3,(H,8,9,10). The van der Waals surface area contributed by atoms with Gasteiger partial charge in [-0.1, -0.05) is 0 Å². The first-order chi connectivity index (χ1) is 6.09. The predicted octanol–water partition coefficient (Wildman–Crippen LogP) is 1.03. The van der Waals surface area contributed by atoms with Gasteiger partial charge in [0.25, 0.3) is 0 Å². The van der Waals surface area contributed by atoms with Gasteiger partial charge in [-0.2, -0.15) is 4.37 Å². The van der Waals surface area contributed by atoms with Gasteiger partial charge >= 0.3 is 0 Å². The fourth-order valence-corrected chi connectivity index (χ4v) is 1.62. The van der Waals surface area contributed by atoms with E-state index in [2.05, 4.69) is 14.7 Å². The molecule has 1 rings (SSSR count). The molecule has 1 heterocycles. The van der Waals surface area contributed by atoms with Crippen LogP contribution in [0.3, 0.4) is 0 Å². The van der Waals surface area contributed by atoms with E-state index in [0.29, 0.717) is 6.54 Å². The zero-order valence-corrected chi connectivity index (χ0v) is 9.54. The number of rotatable bonds is 4. The van der Waals surface area contributed by atoms with Crippen LogP contribution in [0.25, 0.3) is 0 Å². The lowest BCUT2D eigenvalue weighted by molar-refractivity contribution is 0.679. The molecule has 74 valence electrons. The Bertz CT molecular complexity index is 300. The number of nitrogens with one attached hydrogen (secondary N) is 1. The fraction of sp³-hybridized carbons (Fsp3) is 0.714. The minimum Gasteiger partial charge on any atom is -0.359 e. The third kappa shape index (κ3) is 3.40. The highest BCUT2D eigenvalue weighted by molar-refractivity contribution is 7.84. The lowest BCUT2D eigenvalue weighted by atomic mass is 10.5. The molecule has 1 N–H and O–H groups in total. The number of aryl methyl sites for hydroxylation is 1. The summed E-state index contributed by atoms with van der Waals surface area (Å²) in [6.45, 7) is 4.47. The van der Waals surface area contributed by atoms with Crippen LogP contribution >= 0.6 is 11.5 Å². The van der Waals surface area contributed by atoms with E-state index < -0.39 is 10.8 Å². The van der Waals surface area contributed by atoms with Crippen LogP contribution in [0.1, 0.15) is 12.7 Å². The summed E-state index contributed by atoms with van der Waals surface area (Å²) in [4.78, 5) is 4.14. The van der Waals surface area contributed by atoms with Gasteiger partial charge in [0.15, 0.2) is 0 Å². The fourth-order valence-electron chi connectivity index (χ4n) is 0.717. The first kappa shape index (κ1) is 10.6. The number of hydrogen-bond acceptors (Lipinski definition) is 5. The molecule has 0 aliphatic rings. The first-order valence-corrected chi connectivity index (χ1v) is 6.35. The second-order valence-corrected chi connectivity index (χ2v) is 5.39. The Kier molecular flexibility index (Phi) is 3.80. The molecule has 2 atom stereocenters. The maximum absolute atomic E-state index is 11.0. The third-order valence-electron chi connectivity index (χ3n) is 1.63. The summed E-state index contributed by atoms with van der Waals surface area (Å²) < 4.78 is 15.0. The van der Waals surface area contributed by atoms with Crippen molar-refractivity contribution < 1.29 is 4.21 Å². The Hall–Kier alpha value is -0.490. The highest BCUT2D eigenvalue weighted by atomic mass is 32.2. The normalized spacial score (nSPS) is 15.3. The SMILES string of the molecule is Cc1nsc(NCC(C)S(C)=O)n1. The van der Waals surface area contributed by atoms with Gasteiger partial charge in [0, 0.05) is 40.4 Å². The Morgan fingerprint density at radius 3 is 2.85 bits per heavy atom. The molecular weight excluding hydrogens is 206 g/mol. The van der Waals surface area contributed by atoms with Gasteiger partial charge in [-0.15, -0.1) is 0 Å². The maximum atomic E-state index is 11.0. The Morgan fingerprint density at radius 1 is 1.69 bits per heavy atom. The summed E-state index contributed by atoms with van der Waals surface area (Å²) >= 11 is 1.33. The zero-order chi connectivity index (χ0) is 9.84. The van der Waals surface area contributed by atoms with E-state index in [1.165, 1.54) is 11.5 Å². The van der Waals surface area contributed by atoms with Gasteiger partial charge in [-0.25, -0.2) is 4.98 Å². The van der Waals surface area contributed by atoms with Crippen LogP contribution in [0.5, 0.6) is 0 Å². The molecule has 0 bridgehead atoms. The van der Waals surface area contributed by atoms with E-state index in [1.54, 1.807) is 6.26 Å². The van der Waals surface area contributed by atoms with E-state index in [9.17, 15) is 4.21 Å². The van der Waals surface area contributed by atoms with Gasteiger partial charge < -0.3 is 5.32 Å². The first-order valence-electron chi connectivity index (χ1n) is 3.96. The molecule has 1 aromatic heterocycles. The monoisotopic (exact) mass is 219 g/mol. The van der Waals surface area contributed by atoms with Crippen molar-refractivity contribution in [2.75, 3.05) is 18.1 Å². The average molecular weight is 219 g/mol. The maximum Gasteiger partial charge on any atom is 0.202 e. The van der Waals surface area contributed by atoms with Crippen molar-refractivity contribution in [3.8, 4) is 0 Å². The Balaban J connectivity index is 2.39. The van der Waals surface area contributed by atoms with Crippen molar-refractivity contribution >= 4 is 27.5 Å². The Labute approximate surface area is 84.4 Å². The van der Waals surface area contributed by atoms with Crippen molar-refractivity contribution in [1.82, 2.24) is 9.36 Å². The van der Waals surface area contributed by atoms with Crippen LogP contribution in [-0.2, 0) is 10.8 Å². The van der Waals surface area contributed by atoms with E-state index >= 15 is 0 Å². The lowest BCUT2D eigenvalue weighted by Crippen LogP contribution is -2.20. The summed E-state index contributed by atoms with van der Waals surface area (Å²) in [6, 6.07) is 0. The molecule has 0 aliphatic carbocycles. The number of hydrogen-bond donors (Lipinski definition) is 1.